The lowest BCUT2D eigenvalue weighted by Gasteiger charge is -2.16. The van der Waals surface area contributed by atoms with Gasteiger partial charge in [-0.05, 0) is 6.42 Å². The van der Waals surface area contributed by atoms with Gasteiger partial charge in [0, 0.05) is 13.0 Å². The zero-order valence-electron chi connectivity index (χ0n) is 7.05. The largest absolute Gasteiger partial charge is 0.275 e. The quantitative estimate of drug-likeness (QED) is 0.555. The second-order valence-corrected chi connectivity index (χ2v) is 2.33. The summed E-state index contributed by atoms with van der Waals surface area (Å²) in [4.78, 5) is 15.8. The van der Waals surface area contributed by atoms with Crippen LogP contribution in [0.15, 0.2) is 0 Å². The highest BCUT2D eigenvalue weighted by Crippen LogP contribution is 2.04. The fourth-order valence-electron chi connectivity index (χ4n) is 0.575. The van der Waals surface area contributed by atoms with Crippen LogP contribution in [0, 0.1) is 5.92 Å². The Hall–Kier alpha value is -0.570. The molecule has 1 atom stereocenters. The van der Waals surface area contributed by atoms with Gasteiger partial charge in [0.25, 0.3) is 0 Å². The number of hydrogen-bond donors (Lipinski definition) is 0. The van der Waals surface area contributed by atoms with Crippen LogP contribution >= 0.6 is 0 Å². The van der Waals surface area contributed by atoms with Crippen LogP contribution < -0.4 is 0 Å². The first-order valence-corrected chi connectivity index (χ1v) is 3.45. The lowest BCUT2D eigenvalue weighted by molar-refractivity contribution is -0.172. The Morgan fingerprint density at radius 1 is 1.70 bits per heavy atom. The summed E-state index contributed by atoms with van der Waals surface area (Å²) in [6.45, 7) is 3.86. The van der Waals surface area contributed by atoms with Crippen LogP contribution in [-0.4, -0.2) is 25.1 Å². The lowest BCUT2D eigenvalue weighted by Crippen LogP contribution is -2.30. The first kappa shape index (κ1) is 9.43. The summed E-state index contributed by atoms with van der Waals surface area (Å²) in [5.41, 5.74) is 0. The van der Waals surface area contributed by atoms with E-state index in [1.807, 2.05) is 13.8 Å². The number of hydroxylamine groups is 2. The zero-order valence-corrected chi connectivity index (χ0v) is 7.05. The van der Waals surface area contributed by atoms with Crippen LogP contribution in [0.4, 0.5) is 0 Å². The first-order valence-electron chi connectivity index (χ1n) is 3.45. The Balaban J connectivity index is 3.82. The summed E-state index contributed by atoms with van der Waals surface area (Å²) in [6.07, 6.45) is 0.854. The van der Waals surface area contributed by atoms with E-state index in [1.54, 1.807) is 7.05 Å². The Bertz CT molecular complexity index is 102. The molecule has 0 aromatic carbocycles. The van der Waals surface area contributed by atoms with Gasteiger partial charge in [0.15, 0.2) is 0 Å². The minimum absolute atomic E-state index is 0.0324. The van der Waals surface area contributed by atoms with E-state index in [9.17, 15) is 4.79 Å². The number of nitrogens with zero attached hydrogens (tertiary/aromatic N) is 1. The predicted molar refractivity (Wildman–Crippen MR) is 39.2 cm³/mol. The number of carbonyl (C=O) groups is 1. The average Bonchev–Trinajstić information content (AvgIpc) is 2.00. The van der Waals surface area contributed by atoms with Gasteiger partial charge >= 0.3 is 0 Å². The van der Waals surface area contributed by atoms with Crippen LogP contribution in [0.1, 0.15) is 20.3 Å². The van der Waals surface area contributed by atoms with Gasteiger partial charge in [-0.2, -0.15) is 0 Å². The van der Waals surface area contributed by atoms with Crippen molar-refractivity contribution >= 4 is 5.91 Å². The second-order valence-electron chi connectivity index (χ2n) is 2.33. The third-order valence-corrected chi connectivity index (χ3v) is 1.62. The molecule has 0 spiro atoms. The van der Waals surface area contributed by atoms with E-state index < -0.39 is 0 Å². The summed E-state index contributed by atoms with van der Waals surface area (Å²) in [7, 11) is 3.11. The minimum Gasteiger partial charge on any atom is -0.275 e. The Morgan fingerprint density at radius 2 is 2.20 bits per heavy atom. The lowest BCUT2D eigenvalue weighted by atomic mass is 10.1. The monoisotopic (exact) mass is 145 g/mol. The summed E-state index contributed by atoms with van der Waals surface area (Å²) in [5, 5.41) is 1.26. The maximum atomic E-state index is 11.1. The van der Waals surface area contributed by atoms with Gasteiger partial charge in [-0.25, -0.2) is 5.06 Å². The van der Waals surface area contributed by atoms with E-state index >= 15 is 0 Å². The van der Waals surface area contributed by atoms with Crippen LogP contribution in [0.5, 0.6) is 0 Å². The van der Waals surface area contributed by atoms with Gasteiger partial charge in [0.05, 0.1) is 7.11 Å². The fourth-order valence-corrected chi connectivity index (χ4v) is 0.575. The molecule has 0 aromatic heterocycles. The molecule has 3 heteroatoms. The molecular weight excluding hydrogens is 130 g/mol. The van der Waals surface area contributed by atoms with E-state index in [2.05, 4.69) is 0 Å². The molecule has 0 aliphatic rings. The van der Waals surface area contributed by atoms with E-state index in [1.165, 1.54) is 12.2 Å². The molecule has 0 unspecified atom stereocenters. The van der Waals surface area contributed by atoms with Crippen molar-refractivity contribution in [3.63, 3.8) is 0 Å². The van der Waals surface area contributed by atoms with Gasteiger partial charge < -0.3 is 0 Å². The highest BCUT2D eigenvalue weighted by molar-refractivity contribution is 5.77. The molecule has 0 rings (SSSR count). The molecule has 0 aliphatic carbocycles. The molecule has 0 aromatic rings. The van der Waals surface area contributed by atoms with E-state index in [-0.39, 0.29) is 11.8 Å². The zero-order chi connectivity index (χ0) is 8.15. The smallest absolute Gasteiger partial charge is 0.248 e. The van der Waals surface area contributed by atoms with Crippen LogP contribution in [-0.2, 0) is 9.63 Å². The predicted octanol–water partition coefficient (Wildman–Crippen LogP) is 1.05. The normalized spacial score (nSPS) is 12.8. The number of rotatable bonds is 3. The van der Waals surface area contributed by atoms with Crippen molar-refractivity contribution in [1.82, 2.24) is 5.06 Å². The molecule has 0 fully saturated rings. The van der Waals surface area contributed by atoms with Crippen LogP contribution in [0.2, 0.25) is 0 Å². The van der Waals surface area contributed by atoms with Crippen molar-refractivity contribution in [2.24, 2.45) is 5.92 Å². The first-order chi connectivity index (χ1) is 4.63. The molecule has 0 N–H and O–H groups in total. The highest BCUT2D eigenvalue weighted by atomic mass is 16.7. The Labute approximate surface area is 61.9 Å². The number of carbonyl (C=O) groups excluding carboxylic acids is 1. The van der Waals surface area contributed by atoms with Gasteiger partial charge in [-0.15, -0.1) is 0 Å². The molecule has 1 amide bonds. The molecule has 60 valence electrons. The molecule has 0 aliphatic heterocycles. The molecule has 3 nitrogen and oxygen atoms in total. The van der Waals surface area contributed by atoms with Gasteiger partial charge in [0.2, 0.25) is 5.91 Å². The molecule has 0 radical (unpaired) electrons. The number of amides is 1. The van der Waals surface area contributed by atoms with Gasteiger partial charge in [0.1, 0.15) is 0 Å². The standard InChI is InChI=1S/C7H15NO2/c1-5-6(2)7(9)8(3)10-4/h6H,5H2,1-4H3/t6-/m0/s1. The van der Waals surface area contributed by atoms with Crippen molar-refractivity contribution < 1.29 is 9.63 Å². The Kier molecular flexibility index (Phi) is 4.03. The Morgan fingerprint density at radius 3 is 2.50 bits per heavy atom. The van der Waals surface area contributed by atoms with E-state index in [4.69, 9.17) is 4.84 Å². The van der Waals surface area contributed by atoms with Crippen LogP contribution in [0.3, 0.4) is 0 Å². The van der Waals surface area contributed by atoms with Gasteiger partial charge in [-0.1, -0.05) is 13.8 Å². The maximum absolute atomic E-state index is 11.1. The van der Waals surface area contributed by atoms with Crippen molar-refractivity contribution in [3.05, 3.63) is 0 Å². The average molecular weight is 145 g/mol. The summed E-state index contributed by atoms with van der Waals surface area (Å²) in [5.74, 6) is 0.0925. The molecular formula is C7H15NO2. The van der Waals surface area contributed by atoms with E-state index in [0.717, 1.165) is 6.42 Å². The minimum atomic E-state index is 0.0324. The summed E-state index contributed by atoms with van der Waals surface area (Å²) in [6, 6.07) is 0. The van der Waals surface area contributed by atoms with Crippen molar-refractivity contribution in [2.75, 3.05) is 14.2 Å². The summed E-state index contributed by atoms with van der Waals surface area (Å²) < 4.78 is 0. The molecule has 0 saturated heterocycles. The molecule has 0 saturated carbocycles. The van der Waals surface area contributed by atoms with Crippen molar-refractivity contribution in [1.29, 1.82) is 0 Å². The van der Waals surface area contributed by atoms with Gasteiger partial charge in [-0.3, -0.25) is 9.63 Å². The molecule has 0 bridgehead atoms. The van der Waals surface area contributed by atoms with Crippen molar-refractivity contribution in [3.8, 4) is 0 Å². The SMILES string of the molecule is CC[C@H](C)C(=O)N(C)OC. The second kappa shape index (κ2) is 4.28. The summed E-state index contributed by atoms with van der Waals surface area (Å²) >= 11 is 0. The maximum Gasteiger partial charge on any atom is 0.248 e. The molecule has 0 heterocycles. The van der Waals surface area contributed by atoms with Crippen molar-refractivity contribution in [2.45, 2.75) is 20.3 Å². The van der Waals surface area contributed by atoms with Crippen LogP contribution in [0.25, 0.3) is 0 Å². The highest BCUT2D eigenvalue weighted by Gasteiger charge is 2.14. The topological polar surface area (TPSA) is 29.5 Å². The van der Waals surface area contributed by atoms with E-state index in [0.29, 0.717) is 0 Å². The fraction of sp³-hybridized carbons (Fsp3) is 0.857. The third-order valence-electron chi connectivity index (χ3n) is 1.62. The molecule has 10 heavy (non-hydrogen) atoms. The number of hydrogen-bond acceptors (Lipinski definition) is 2. The third kappa shape index (κ3) is 2.35.